The van der Waals surface area contributed by atoms with Crippen LogP contribution in [0.15, 0.2) is 176 Å². The van der Waals surface area contributed by atoms with Gasteiger partial charge < -0.3 is 4.57 Å². The maximum absolute atomic E-state index is 2.57. The molecule has 1 unspecified atom stereocenters. The van der Waals surface area contributed by atoms with Gasteiger partial charge in [0.05, 0.1) is 16.4 Å². The molecule has 0 bridgehead atoms. The molecule has 0 aliphatic heterocycles. The summed E-state index contributed by atoms with van der Waals surface area (Å²) < 4.78 is 2.52. The van der Waals surface area contributed by atoms with Gasteiger partial charge in [-0.3, -0.25) is 0 Å². The molecule has 3 aliphatic rings. The van der Waals surface area contributed by atoms with Crippen LogP contribution in [0.25, 0.3) is 93.5 Å². The van der Waals surface area contributed by atoms with Crippen molar-refractivity contribution in [2.45, 2.75) is 5.41 Å². The van der Waals surface area contributed by atoms with Gasteiger partial charge >= 0.3 is 0 Å². The van der Waals surface area contributed by atoms with Crippen LogP contribution in [-0.2, 0) is 5.41 Å². The average molecular weight is 656 g/mol. The predicted molar refractivity (Wildman–Crippen MR) is 217 cm³/mol. The second-order valence-electron chi connectivity index (χ2n) is 14.7. The largest absolute Gasteiger partial charge is 0.309 e. The number of rotatable bonds is 1. The highest BCUT2D eigenvalue weighted by atomic mass is 15.0. The molecule has 0 saturated heterocycles. The summed E-state index contributed by atoms with van der Waals surface area (Å²) in [5.74, 6) is 0. The maximum atomic E-state index is 2.57. The van der Waals surface area contributed by atoms with Crippen molar-refractivity contribution in [3.05, 3.63) is 198 Å². The van der Waals surface area contributed by atoms with Crippen molar-refractivity contribution in [2.75, 3.05) is 0 Å². The van der Waals surface area contributed by atoms with E-state index >= 15 is 0 Å². The first-order chi connectivity index (χ1) is 25.8. The molecule has 13 rings (SSSR count). The molecule has 0 saturated carbocycles. The summed E-state index contributed by atoms with van der Waals surface area (Å²) in [6, 6.07) is 66.5. The maximum Gasteiger partial charge on any atom is 0.0726 e. The van der Waals surface area contributed by atoms with E-state index in [0.29, 0.717) is 0 Å². The second-order valence-corrected chi connectivity index (χ2v) is 14.7. The Morgan fingerprint density at radius 3 is 1.85 bits per heavy atom. The molecule has 3 aliphatic carbocycles. The summed E-state index contributed by atoms with van der Waals surface area (Å²) >= 11 is 0. The monoisotopic (exact) mass is 655 g/mol. The molecule has 0 fully saturated rings. The summed E-state index contributed by atoms with van der Waals surface area (Å²) in [4.78, 5) is 0. The topological polar surface area (TPSA) is 4.93 Å². The molecule has 0 N–H and O–H groups in total. The van der Waals surface area contributed by atoms with Crippen LogP contribution >= 0.6 is 0 Å². The minimum atomic E-state index is -0.465. The van der Waals surface area contributed by atoms with Crippen LogP contribution in [0, 0.1) is 0 Å². The third-order valence-electron chi connectivity index (χ3n) is 12.5. The lowest BCUT2D eigenvalue weighted by Gasteiger charge is -2.31. The van der Waals surface area contributed by atoms with Gasteiger partial charge in [-0.25, -0.2) is 0 Å². The van der Waals surface area contributed by atoms with Crippen molar-refractivity contribution < 1.29 is 0 Å². The van der Waals surface area contributed by atoms with E-state index < -0.39 is 5.41 Å². The lowest BCUT2D eigenvalue weighted by atomic mass is 9.70. The van der Waals surface area contributed by atoms with Crippen LogP contribution in [0.2, 0.25) is 0 Å². The van der Waals surface area contributed by atoms with E-state index in [-0.39, 0.29) is 0 Å². The Bertz CT molecular complexity index is 3250. The fraction of sp³-hybridized carbons (Fsp3) is 0.0196. The molecular weight excluding hydrogens is 627 g/mol. The van der Waals surface area contributed by atoms with Crippen LogP contribution in [0.3, 0.4) is 0 Å². The Morgan fingerprint density at radius 2 is 0.981 bits per heavy atom. The number of aromatic nitrogens is 1. The summed E-state index contributed by atoms with van der Waals surface area (Å²) in [6.45, 7) is 0. The van der Waals surface area contributed by atoms with Crippen molar-refractivity contribution in [2.24, 2.45) is 0 Å². The molecule has 1 atom stereocenters. The molecule has 0 amide bonds. The van der Waals surface area contributed by atoms with E-state index in [0.717, 1.165) is 0 Å². The third kappa shape index (κ3) is 3.02. The zero-order valence-electron chi connectivity index (χ0n) is 28.2. The highest BCUT2D eigenvalue weighted by molar-refractivity contribution is 6.22. The van der Waals surface area contributed by atoms with Gasteiger partial charge in [0.2, 0.25) is 0 Å². The number of fused-ring (bicyclic) bond motifs is 19. The molecule has 1 nitrogen and oxygen atoms in total. The van der Waals surface area contributed by atoms with Crippen LogP contribution in [0.5, 0.6) is 0 Å². The normalized spacial score (nSPS) is 15.8. The molecule has 1 heteroatoms. The molecular formula is C51H29N. The highest BCUT2D eigenvalue weighted by Gasteiger charge is 2.52. The van der Waals surface area contributed by atoms with E-state index in [1.807, 2.05) is 0 Å². The zero-order valence-corrected chi connectivity index (χ0v) is 28.2. The van der Waals surface area contributed by atoms with Crippen LogP contribution in [0.4, 0.5) is 0 Å². The molecule has 9 aromatic carbocycles. The van der Waals surface area contributed by atoms with Gasteiger partial charge in [-0.2, -0.15) is 0 Å². The Kier molecular flexibility index (Phi) is 4.86. The van der Waals surface area contributed by atoms with Gasteiger partial charge in [0.1, 0.15) is 0 Å². The van der Waals surface area contributed by atoms with Crippen LogP contribution in [0.1, 0.15) is 22.3 Å². The van der Waals surface area contributed by atoms with Gasteiger partial charge in [-0.05, 0) is 107 Å². The quantitative estimate of drug-likeness (QED) is 0.166. The van der Waals surface area contributed by atoms with E-state index in [2.05, 4.69) is 180 Å². The second kappa shape index (κ2) is 9.34. The number of hydrogen-bond acceptors (Lipinski definition) is 0. The van der Waals surface area contributed by atoms with E-state index in [1.54, 1.807) is 0 Å². The van der Waals surface area contributed by atoms with Gasteiger partial charge in [0.25, 0.3) is 0 Å². The van der Waals surface area contributed by atoms with Crippen LogP contribution < -0.4 is 0 Å². The predicted octanol–water partition coefficient (Wildman–Crippen LogP) is 13.1. The summed E-state index contributed by atoms with van der Waals surface area (Å²) in [5.41, 5.74) is 19.4. The van der Waals surface area contributed by atoms with Crippen LogP contribution in [-0.4, -0.2) is 4.57 Å². The molecule has 1 heterocycles. The van der Waals surface area contributed by atoms with Gasteiger partial charge in [-0.15, -0.1) is 0 Å². The van der Waals surface area contributed by atoms with E-state index in [4.69, 9.17) is 0 Å². The fourth-order valence-corrected chi connectivity index (χ4v) is 10.6. The van der Waals surface area contributed by atoms with Crippen molar-refractivity contribution >= 4 is 43.4 Å². The Balaban J connectivity index is 1.20. The summed E-state index contributed by atoms with van der Waals surface area (Å²) in [5, 5.41) is 7.83. The highest BCUT2D eigenvalue weighted by Crippen LogP contribution is 2.65. The van der Waals surface area contributed by atoms with E-state index in [1.165, 1.54) is 116 Å². The van der Waals surface area contributed by atoms with Gasteiger partial charge in [0.15, 0.2) is 0 Å². The van der Waals surface area contributed by atoms with Crippen molar-refractivity contribution in [1.29, 1.82) is 0 Å². The van der Waals surface area contributed by atoms with Gasteiger partial charge in [-0.1, -0.05) is 152 Å². The summed E-state index contributed by atoms with van der Waals surface area (Å²) in [7, 11) is 0. The minimum Gasteiger partial charge on any atom is -0.309 e. The first-order valence-corrected chi connectivity index (χ1v) is 18.3. The lowest BCUT2D eigenvalue weighted by Crippen LogP contribution is -2.26. The molecule has 238 valence electrons. The molecule has 0 radical (unpaired) electrons. The SMILES string of the molecule is c1ccc2c(c1)-c1cccc3c4c(cc-2c13)C1(c2ccccc2-c2ccc(-n3c5ccccc5c5ccc6ccccc6c53)cc21)c1ccccc1-4. The summed E-state index contributed by atoms with van der Waals surface area (Å²) in [6.07, 6.45) is 0. The molecule has 52 heavy (non-hydrogen) atoms. The first-order valence-electron chi connectivity index (χ1n) is 18.3. The fourth-order valence-electron chi connectivity index (χ4n) is 10.6. The average Bonchev–Trinajstić information content (AvgIpc) is 3.91. The number of hydrogen-bond donors (Lipinski definition) is 0. The lowest BCUT2D eigenvalue weighted by molar-refractivity contribution is 0.793. The van der Waals surface area contributed by atoms with Gasteiger partial charge in [0, 0.05) is 21.8 Å². The molecule has 10 aromatic rings. The number of nitrogens with zero attached hydrogens (tertiary/aromatic N) is 1. The smallest absolute Gasteiger partial charge is 0.0726 e. The number of para-hydroxylation sites is 1. The Morgan fingerprint density at radius 1 is 0.346 bits per heavy atom. The van der Waals surface area contributed by atoms with Crippen molar-refractivity contribution in [3.8, 4) is 50.2 Å². The van der Waals surface area contributed by atoms with Crippen molar-refractivity contribution in [3.63, 3.8) is 0 Å². The number of benzene rings is 9. The minimum absolute atomic E-state index is 0.465. The van der Waals surface area contributed by atoms with E-state index in [9.17, 15) is 0 Å². The first kappa shape index (κ1) is 27.1. The Labute approximate surface area is 300 Å². The molecule has 1 spiro atoms. The zero-order chi connectivity index (χ0) is 33.7. The third-order valence-corrected chi connectivity index (χ3v) is 12.5. The standard InChI is InChI=1S/C51H29N/c1-2-13-32-30(12-1)24-26-39-37-17-7-10-23-47(37)52(50(32)39)31-25-27-36-35-16-5-8-21-43(35)51(45(36)28-31)44-22-9-6-18-40(44)49-41-20-11-19-38-33-14-3-4-15-34(33)42(48(38)41)29-46(49)51/h1-29H. The molecule has 1 aromatic heterocycles. The van der Waals surface area contributed by atoms with Crippen molar-refractivity contribution in [1.82, 2.24) is 4.57 Å². The Hall–Kier alpha value is -6.70.